The van der Waals surface area contributed by atoms with Gasteiger partial charge in [0.05, 0.1) is 36.5 Å². The number of para-hydroxylation sites is 2. The standard InChI is InChI=1S/C34H27N3O4/c1-41-27-18-10-9-17-26(27)37-32(39)30-29-22-13-5-7-15-24(22)34(31(30)33(37)40,25-16-8-6-14-23(25)29)20-35-36-28(38)19-21-11-3-2-4-12-21/h2-18,20,29-31H,19H2,1H3,(H,36,38)/b35-20-/t29?,30-,31+,34?/m0/s1. The van der Waals surface area contributed by atoms with Gasteiger partial charge in [-0.1, -0.05) is 91.0 Å². The molecule has 3 aliphatic carbocycles. The summed E-state index contributed by atoms with van der Waals surface area (Å²) in [6, 6.07) is 32.4. The van der Waals surface area contributed by atoms with Crippen LogP contribution in [0, 0.1) is 11.8 Å². The van der Waals surface area contributed by atoms with E-state index in [0.717, 1.165) is 27.8 Å². The molecule has 1 aliphatic heterocycles. The zero-order valence-electron chi connectivity index (χ0n) is 22.4. The largest absolute Gasteiger partial charge is 0.495 e. The van der Waals surface area contributed by atoms with Crippen molar-refractivity contribution in [2.24, 2.45) is 16.9 Å². The van der Waals surface area contributed by atoms with E-state index >= 15 is 0 Å². The second-order valence-electron chi connectivity index (χ2n) is 10.7. The number of hydrazone groups is 1. The molecule has 0 aromatic heterocycles. The lowest BCUT2D eigenvalue weighted by Crippen LogP contribution is -2.54. The minimum Gasteiger partial charge on any atom is -0.495 e. The first kappa shape index (κ1) is 25.0. The Bertz CT molecular complexity index is 1680. The van der Waals surface area contributed by atoms with Crippen LogP contribution in [0.2, 0.25) is 0 Å². The van der Waals surface area contributed by atoms with Gasteiger partial charge in [-0.15, -0.1) is 0 Å². The van der Waals surface area contributed by atoms with Gasteiger partial charge in [-0.05, 0) is 39.9 Å². The van der Waals surface area contributed by atoms with E-state index < -0.39 is 17.3 Å². The summed E-state index contributed by atoms with van der Waals surface area (Å²) in [5.41, 5.74) is 6.77. The van der Waals surface area contributed by atoms with Crippen LogP contribution in [0.4, 0.5) is 5.69 Å². The van der Waals surface area contributed by atoms with Crippen molar-refractivity contribution in [1.29, 1.82) is 0 Å². The Kier molecular flexibility index (Phi) is 5.82. The Hall–Kier alpha value is -5.04. The van der Waals surface area contributed by atoms with Gasteiger partial charge in [-0.25, -0.2) is 10.3 Å². The second kappa shape index (κ2) is 9.55. The number of benzene rings is 4. The number of ether oxygens (including phenoxy) is 1. The van der Waals surface area contributed by atoms with Gasteiger partial charge in [-0.2, -0.15) is 5.10 Å². The van der Waals surface area contributed by atoms with Crippen LogP contribution in [0.1, 0.15) is 33.7 Å². The van der Waals surface area contributed by atoms with E-state index in [4.69, 9.17) is 4.74 Å². The number of nitrogens with one attached hydrogen (secondary N) is 1. The highest BCUT2D eigenvalue weighted by Gasteiger charge is 2.68. The number of nitrogens with zero attached hydrogens (tertiary/aromatic N) is 2. The van der Waals surface area contributed by atoms with Crippen LogP contribution in [-0.2, 0) is 26.2 Å². The molecule has 41 heavy (non-hydrogen) atoms. The SMILES string of the molecule is COc1ccccc1N1C(=O)[C@H]2C3c4ccccc4C(/C=N\NC(=O)Cc4ccccc4)(c4ccccc43)[C@H]2C1=O. The van der Waals surface area contributed by atoms with Gasteiger partial charge in [0, 0.05) is 12.1 Å². The summed E-state index contributed by atoms with van der Waals surface area (Å²) in [4.78, 5) is 42.9. The maximum atomic E-state index is 14.5. The fraction of sp³-hybridized carbons (Fsp3) is 0.176. The third kappa shape index (κ3) is 3.58. The van der Waals surface area contributed by atoms with E-state index in [2.05, 4.69) is 10.5 Å². The van der Waals surface area contributed by atoms with E-state index in [-0.39, 0.29) is 30.1 Å². The highest BCUT2D eigenvalue weighted by atomic mass is 16.5. The molecule has 1 fully saturated rings. The first-order valence-corrected chi connectivity index (χ1v) is 13.6. The number of carbonyl (C=O) groups excluding carboxylic acids is 3. The predicted octanol–water partition coefficient (Wildman–Crippen LogP) is 4.59. The topological polar surface area (TPSA) is 88.1 Å². The van der Waals surface area contributed by atoms with Gasteiger partial charge in [0.2, 0.25) is 17.7 Å². The molecular weight excluding hydrogens is 514 g/mol. The van der Waals surface area contributed by atoms with Gasteiger partial charge >= 0.3 is 0 Å². The lowest BCUT2D eigenvalue weighted by atomic mass is 9.47. The normalized spacial score (nSPS) is 23.7. The van der Waals surface area contributed by atoms with Crippen LogP contribution in [-0.4, -0.2) is 31.0 Å². The zero-order chi connectivity index (χ0) is 28.1. The van der Waals surface area contributed by atoms with Crippen molar-refractivity contribution >= 4 is 29.6 Å². The molecule has 4 aliphatic rings. The minimum atomic E-state index is -1.06. The number of imide groups is 1. The van der Waals surface area contributed by atoms with Gasteiger partial charge in [0.15, 0.2) is 0 Å². The van der Waals surface area contributed by atoms with Crippen LogP contribution in [0.5, 0.6) is 5.75 Å². The van der Waals surface area contributed by atoms with Crippen LogP contribution in [0.25, 0.3) is 0 Å². The quantitative estimate of drug-likeness (QED) is 0.220. The molecule has 0 spiro atoms. The van der Waals surface area contributed by atoms with Gasteiger partial charge in [0.1, 0.15) is 5.75 Å². The Morgan fingerprint density at radius 2 is 1.46 bits per heavy atom. The number of hydrogen-bond donors (Lipinski definition) is 1. The molecule has 0 unspecified atom stereocenters. The highest BCUT2D eigenvalue weighted by molar-refractivity contribution is 6.25. The van der Waals surface area contributed by atoms with Crippen LogP contribution in [0.15, 0.2) is 108 Å². The van der Waals surface area contributed by atoms with Crippen molar-refractivity contribution in [3.05, 3.63) is 131 Å². The second-order valence-corrected chi connectivity index (χ2v) is 10.7. The molecule has 1 saturated heterocycles. The van der Waals surface area contributed by atoms with Crippen molar-refractivity contribution in [2.45, 2.75) is 17.8 Å². The molecule has 1 N–H and O–H groups in total. The molecule has 7 nitrogen and oxygen atoms in total. The monoisotopic (exact) mass is 541 g/mol. The molecule has 0 saturated carbocycles. The van der Waals surface area contributed by atoms with Crippen LogP contribution < -0.4 is 15.1 Å². The smallest absolute Gasteiger partial charge is 0.244 e. The number of methoxy groups -OCH3 is 1. The number of carbonyl (C=O) groups is 3. The van der Waals surface area contributed by atoms with Gasteiger partial charge < -0.3 is 4.74 Å². The third-order valence-corrected chi connectivity index (χ3v) is 8.67. The fourth-order valence-corrected chi connectivity index (χ4v) is 7.13. The summed E-state index contributed by atoms with van der Waals surface area (Å²) >= 11 is 0. The Morgan fingerprint density at radius 1 is 0.854 bits per heavy atom. The van der Waals surface area contributed by atoms with E-state index in [9.17, 15) is 14.4 Å². The molecule has 7 heteroatoms. The van der Waals surface area contributed by atoms with Gasteiger partial charge in [-0.3, -0.25) is 14.4 Å². The average Bonchev–Trinajstić information content (AvgIpc) is 3.28. The predicted molar refractivity (Wildman–Crippen MR) is 155 cm³/mol. The van der Waals surface area contributed by atoms with Crippen molar-refractivity contribution in [3.63, 3.8) is 0 Å². The molecule has 2 atom stereocenters. The number of amides is 3. The molecule has 1 heterocycles. The summed E-state index contributed by atoms with van der Waals surface area (Å²) in [6.45, 7) is 0. The van der Waals surface area contributed by atoms with Crippen molar-refractivity contribution < 1.29 is 19.1 Å². The first-order valence-electron chi connectivity index (χ1n) is 13.6. The molecule has 202 valence electrons. The van der Waals surface area contributed by atoms with Gasteiger partial charge in [0.25, 0.3) is 0 Å². The van der Waals surface area contributed by atoms with Crippen molar-refractivity contribution in [1.82, 2.24) is 5.43 Å². The summed E-state index contributed by atoms with van der Waals surface area (Å²) in [6.07, 6.45) is 1.85. The van der Waals surface area contributed by atoms with Crippen LogP contribution in [0.3, 0.4) is 0 Å². The molecule has 0 radical (unpaired) electrons. The lowest BCUT2D eigenvalue weighted by molar-refractivity contribution is -0.123. The van der Waals surface area contributed by atoms with Crippen LogP contribution >= 0.6 is 0 Å². The number of rotatable bonds is 6. The molecule has 3 amide bonds. The Labute approximate surface area is 237 Å². The summed E-state index contributed by atoms with van der Waals surface area (Å²) < 4.78 is 5.55. The van der Waals surface area contributed by atoms with Crippen molar-refractivity contribution in [2.75, 3.05) is 12.0 Å². The first-order chi connectivity index (χ1) is 20.1. The summed E-state index contributed by atoms with van der Waals surface area (Å²) in [5, 5.41) is 4.48. The van der Waals surface area contributed by atoms with E-state index in [0.29, 0.717) is 11.4 Å². The maximum absolute atomic E-state index is 14.5. The molecule has 4 aromatic carbocycles. The van der Waals surface area contributed by atoms with E-state index in [1.165, 1.54) is 12.0 Å². The molecular formula is C34H27N3O4. The van der Waals surface area contributed by atoms with E-state index in [1.807, 2.05) is 84.9 Å². The summed E-state index contributed by atoms with van der Waals surface area (Å²) in [7, 11) is 1.53. The van der Waals surface area contributed by atoms with Crippen molar-refractivity contribution in [3.8, 4) is 5.75 Å². The average molecular weight is 542 g/mol. The molecule has 4 aromatic rings. The molecule has 8 rings (SSSR count). The number of anilines is 1. The third-order valence-electron chi connectivity index (χ3n) is 8.67. The lowest BCUT2D eigenvalue weighted by Gasteiger charge is -2.52. The zero-order valence-corrected chi connectivity index (χ0v) is 22.4. The molecule has 2 bridgehead atoms. The fourth-order valence-electron chi connectivity index (χ4n) is 7.13. The number of hydrogen-bond acceptors (Lipinski definition) is 5. The maximum Gasteiger partial charge on any atom is 0.244 e. The minimum absolute atomic E-state index is 0.172. The Morgan fingerprint density at radius 3 is 2.15 bits per heavy atom. The summed E-state index contributed by atoms with van der Waals surface area (Å²) in [5.74, 6) is -2.05. The van der Waals surface area contributed by atoms with E-state index in [1.54, 1.807) is 24.4 Å². The highest BCUT2D eigenvalue weighted by Crippen LogP contribution is 2.63. The Balaban J connectivity index is 1.37.